The molecule has 3 nitrogen and oxygen atoms in total. The number of carbonyl (C=O) groups excluding carboxylic acids is 1. The molecule has 18 heavy (non-hydrogen) atoms. The maximum absolute atomic E-state index is 11.8. The van der Waals surface area contributed by atoms with Gasteiger partial charge in [-0.05, 0) is 44.2 Å². The maximum atomic E-state index is 11.8. The smallest absolute Gasteiger partial charge is 0.220 e. The first-order chi connectivity index (χ1) is 8.84. The molecule has 0 spiro atoms. The van der Waals surface area contributed by atoms with Gasteiger partial charge in [0.2, 0.25) is 5.91 Å². The second kappa shape index (κ2) is 7.78. The molecule has 1 heterocycles. The van der Waals surface area contributed by atoms with Crippen LogP contribution in [0.4, 0.5) is 0 Å². The molecule has 1 aliphatic carbocycles. The van der Waals surface area contributed by atoms with Crippen LogP contribution in [0.1, 0.15) is 57.8 Å². The summed E-state index contributed by atoms with van der Waals surface area (Å²) in [5.74, 6) is 1.76. The summed E-state index contributed by atoms with van der Waals surface area (Å²) in [5.41, 5.74) is 0. The fourth-order valence-electron chi connectivity index (χ4n) is 3.31. The van der Waals surface area contributed by atoms with Gasteiger partial charge >= 0.3 is 0 Å². The van der Waals surface area contributed by atoms with Crippen molar-refractivity contribution >= 4 is 5.91 Å². The number of carbonyl (C=O) groups is 1. The van der Waals surface area contributed by atoms with E-state index in [4.69, 9.17) is 0 Å². The van der Waals surface area contributed by atoms with Gasteiger partial charge in [0, 0.05) is 13.0 Å². The zero-order valence-electron chi connectivity index (χ0n) is 11.5. The summed E-state index contributed by atoms with van der Waals surface area (Å²) in [4.78, 5) is 11.8. The van der Waals surface area contributed by atoms with Crippen LogP contribution >= 0.6 is 0 Å². The average Bonchev–Trinajstić information content (AvgIpc) is 2.41. The number of hydrogen-bond acceptors (Lipinski definition) is 2. The number of rotatable bonds is 5. The molecule has 0 bridgehead atoms. The van der Waals surface area contributed by atoms with Crippen LogP contribution < -0.4 is 10.6 Å². The van der Waals surface area contributed by atoms with Gasteiger partial charge in [-0.1, -0.05) is 32.1 Å². The Morgan fingerprint density at radius 2 is 1.72 bits per heavy atom. The van der Waals surface area contributed by atoms with Crippen LogP contribution in [0.3, 0.4) is 0 Å². The molecule has 0 aromatic carbocycles. The number of amides is 1. The van der Waals surface area contributed by atoms with Crippen molar-refractivity contribution in [2.75, 3.05) is 19.6 Å². The quantitative estimate of drug-likeness (QED) is 0.789. The number of hydrogen-bond donors (Lipinski definition) is 2. The summed E-state index contributed by atoms with van der Waals surface area (Å²) < 4.78 is 0. The standard InChI is InChI=1S/C15H28N2O/c18-15(12-14-6-9-16-10-7-14)17-11-8-13-4-2-1-3-5-13/h13-14,16H,1-12H2,(H,17,18). The van der Waals surface area contributed by atoms with Crippen molar-refractivity contribution < 1.29 is 4.79 Å². The lowest BCUT2D eigenvalue weighted by Crippen LogP contribution is -2.33. The Bertz CT molecular complexity index is 243. The lowest BCUT2D eigenvalue weighted by Gasteiger charge is -2.23. The molecule has 1 aliphatic heterocycles. The van der Waals surface area contributed by atoms with E-state index in [-0.39, 0.29) is 5.91 Å². The van der Waals surface area contributed by atoms with E-state index in [2.05, 4.69) is 10.6 Å². The monoisotopic (exact) mass is 252 g/mol. The van der Waals surface area contributed by atoms with Crippen molar-refractivity contribution in [2.24, 2.45) is 11.8 Å². The third-order valence-corrected chi connectivity index (χ3v) is 4.53. The van der Waals surface area contributed by atoms with E-state index in [1.807, 2.05) is 0 Å². The molecule has 0 radical (unpaired) electrons. The zero-order valence-corrected chi connectivity index (χ0v) is 11.5. The van der Waals surface area contributed by atoms with Crippen molar-refractivity contribution in [3.8, 4) is 0 Å². The molecular weight excluding hydrogens is 224 g/mol. The Morgan fingerprint density at radius 1 is 1.00 bits per heavy atom. The number of nitrogens with one attached hydrogen (secondary N) is 2. The molecule has 2 aliphatic rings. The van der Waals surface area contributed by atoms with Gasteiger partial charge in [0.1, 0.15) is 0 Å². The van der Waals surface area contributed by atoms with Crippen molar-refractivity contribution in [2.45, 2.75) is 57.8 Å². The summed E-state index contributed by atoms with van der Waals surface area (Å²) in [6.45, 7) is 3.06. The summed E-state index contributed by atoms with van der Waals surface area (Å²) in [6.07, 6.45) is 11.2. The maximum Gasteiger partial charge on any atom is 0.220 e. The minimum absolute atomic E-state index is 0.276. The first kappa shape index (κ1) is 13.9. The SMILES string of the molecule is O=C(CC1CCNCC1)NCCC1CCCCC1. The number of piperidine rings is 1. The largest absolute Gasteiger partial charge is 0.356 e. The minimum Gasteiger partial charge on any atom is -0.356 e. The minimum atomic E-state index is 0.276. The van der Waals surface area contributed by atoms with Gasteiger partial charge in [-0.3, -0.25) is 4.79 Å². The fraction of sp³-hybridized carbons (Fsp3) is 0.933. The van der Waals surface area contributed by atoms with E-state index < -0.39 is 0 Å². The van der Waals surface area contributed by atoms with Gasteiger partial charge in [-0.25, -0.2) is 0 Å². The average molecular weight is 252 g/mol. The molecule has 2 fully saturated rings. The van der Waals surface area contributed by atoms with Crippen LogP contribution in [0.25, 0.3) is 0 Å². The normalized spacial score (nSPS) is 22.9. The van der Waals surface area contributed by atoms with Gasteiger partial charge < -0.3 is 10.6 Å². The lowest BCUT2D eigenvalue weighted by atomic mass is 9.87. The van der Waals surface area contributed by atoms with Crippen LogP contribution in [0, 0.1) is 11.8 Å². The summed E-state index contributed by atoms with van der Waals surface area (Å²) in [5, 5.41) is 6.46. The van der Waals surface area contributed by atoms with E-state index in [0.717, 1.165) is 44.8 Å². The molecule has 0 aromatic rings. The van der Waals surface area contributed by atoms with E-state index in [1.54, 1.807) is 0 Å². The van der Waals surface area contributed by atoms with Crippen LogP contribution in [-0.4, -0.2) is 25.5 Å². The van der Waals surface area contributed by atoms with Gasteiger partial charge in [-0.2, -0.15) is 0 Å². The topological polar surface area (TPSA) is 41.1 Å². The molecule has 0 atom stereocenters. The van der Waals surface area contributed by atoms with Crippen LogP contribution in [0.15, 0.2) is 0 Å². The van der Waals surface area contributed by atoms with Crippen molar-refractivity contribution in [1.29, 1.82) is 0 Å². The molecule has 2 N–H and O–H groups in total. The van der Waals surface area contributed by atoms with Crippen LogP contribution in [0.5, 0.6) is 0 Å². The summed E-state index contributed by atoms with van der Waals surface area (Å²) in [7, 11) is 0. The Morgan fingerprint density at radius 3 is 2.44 bits per heavy atom. The molecule has 1 saturated carbocycles. The van der Waals surface area contributed by atoms with Gasteiger partial charge in [0.25, 0.3) is 0 Å². The Kier molecular flexibility index (Phi) is 5.98. The van der Waals surface area contributed by atoms with Crippen molar-refractivity contribution in [3.63, 3.8) is 0 Å². The van der Waals surface area contributed by atoms with E-state index in [0.29, 0.717) is 5.92 Å². The second-order valence-corrected chi connectivity index (χ2v) is 6.04. The predicted molar refractivity (Wildman–Crippen MR) is 74.4 cm³/mol. The highest BCUT2D eigenvalue weighted by Gasteiger charge is 2.17. The van der Waals surface area contributed by atoms with Gasteiger partial charge in [0.15, 0.2) is 0 Å². The second-order valence-electron chi connectivity index (χ2n) is 6.04. The Balaban J connectivity index is 1.53. The predicted octanol–water partition coefficient (Wildman–Crippen LogP) is 2.46. The van der Waals surface area contributed by atoms with Crippen LogP contribution in [-0.2, 0) is 4.79 Å². The first-order valence-electron chi connectivity index (χ1n) is 7.82. The highest BCUT2D eigenvalue weighted by atomic mass is 16.1. The molecule has 0 unspecified atom stereocenters. The Labute approximate surface area is 111 Å². The molecule has 0 aromatic heterocycles. The molecular formula is C15H28N2O. The molecule has 3 heteroatoms. The molecule has 1 amide bonds. The Hall–Kier alpha value is -0.570. The summed E-state index contributed by atoms with van der Waals surface area (Å²) in [6, 6.07) is 0. The zero-order chi connectivity index (χ0) is 12.6. The molecule has 104 valence electrons. The lowest BCUT2D eigenvalue weighted by molar-refractivity contribution is -0.122. The highest BCUT2D eigenvalue weighted by molar-refractivity contribution is 5.76. The van der Waals surface area contributed by atoms with E-state index >= 15 is 0 Å². The van der Waals surface area contributed by atoms with E-state index in [9.17, 15) is 4.79 Å². The van der Waals surface area contributed by atoms with Crippen LogP contribution in [0.2, 0.25) is 0 Å². The molecule has 2 rings (SSSR count). The highest BCUT2D eigenvalue weighted by Crippen LogP contribution is 2.25. The summed E-state index contributed by atoms with van der Waals surface area (Å²) >= 11 is 0. The van der Waals surface area contributed by atoms with Gasteiger partial charge in [-0.15, -0.1) is 0 Å². The van der Waals surface area contributed by atoms with Crippen molar-refractivity contribution in [1.82, 2.24) is 10.6 Å². The fourth-order valence-corrected chi connectivity index (χ4v) is 3.31. The van der Waals surface area contributed by atoms with Gasteiger partial charge in [0.05, 0.1) is 0 Å². The van der Waals surface area contributed by atoms with Crippen molar-refractivity contribution in [3.05, 3.63) is 0 Å². The van der Waals surface area contributed by atoms with E-state index in [1.165, 1.54) is 38.5 Å². The third-order valence-electron chi connectivity index (χ3n) is 4.53. The molecule has 1 saturated heterocycles. The first-order valence-corrected chi connectivity index (χ1v) is 7.82. The third kappa shape index (κ3) is 4.97.